The van der Waals surface area contributed by atoms with Crippen molar-refractivity contribution >= 4 is 37.3 Å². The maximum absolute atomic E-state index is 13.4. The molecule has 2 aromatic rings. The van der Waals surface area contributed by atoms with Gasteiger partial charge in [0, 0.05) is 43.1 Å². The fourth-order valence-corrected chi connectivity index (χ4v) is 6.81. The Hall–Kier alpha value is -2.72. The van der Waals surface area contributed by atoms with Gasteiger partial charge >= 0.3 is 0 Å². The quantitative estimate of drug-likeness (QED) is 0.644. The van der Waals surface area contributed by atoms with E-state index < -0.39 is 19.9 Å². The summed E-state index contributed by atoms with van der Waals surface area (Å²) in [7, 11) is -6.97. The minimum Gasteiger partial charge on any atom is -0.355 e. The molecule has 0 aliphatic carbocycles. The molecule has 0 saturated carbocycles. The van der Waals surface area contributed by atoms with E-state index >= 15 is 0 Å². The minimum atomic E-state index is -3.67. The molecule has 0 radical (unpaired) electrons. The van der Waals surface area contributed by atoms with Crippen molar-refractivity contribution in [2.24, 2.45) is 10.3 Å². The largest absolute Gasteiger partial charge is 0.355 e. The van der Waals surface area contributed by atoms with Crippen molar-refractivity contribution in [2.45, 2.75) is 35.5 Å². The van der Waals surface area contributed by atoms with Gasteiger partial charge in [0.15, 0.2) is 15.7 Å². The Kier molecular flexibility index (Phi) is 5.32. The highest BCUT2D eigenvalue weighted by Gasteiger charge is 2.36. The number of sulfone groups is 1. The van der Waals surface area contributed by atoms with Crippen molar-refractivity contribution in [3.8, 4) is 0 Å². The van der Waals surface area contributed by atoms with Crippen LogP contribution >= 0.6 is 0 Å². The number of likely N-dealkylation sites (tertiary alicyclic amines) is 1. The molecule has 33 heavy (non-hydrogen) atoms. The molecule has 1 amide bonds. The Morgan fingerprint density at radius 1 is 1.06 bits per heavy atom. The molecule has 174 valence electrons. The summed E-state index contributed by atoms with van der Waals surface area (Å²) in [6.07, 6.45) is 3.93. The molecule has 0 unspecified atom stereocenters. The lowest BCUT2D eigenvalue weighted by molar-refractivity contribution is -0.123. The summed E-state index contributed by atoms with van der Waals surface area (Å²) in [6, 6.07) is 11.8. The molecule has 2 aromatic carbocycles. The summed E-state index contributed by atoms with van der Waals surface area (Å²) in [5, 5.41) is 0. The fourth-order valence-electron chi connectivity index (χ4n) is 4.91. The van der Waals surface area contributed by atoms with Crippen LogP contribution in [-0.2, 0) is 31.1 Å². The van der Waals surface area contributed by atoms with Gasteiger partial charge in [-0.3, -0.25) is 4.79 Å². The Morgan fingerprint density at radius 3 is 2.52 bits per heavy atom. The van der Waals surface area contributed by atoms with Crippen LogP contribution in [0.3, 0.4) is 0 Å². The molecule has 0 aromatic heterocycles. The number of amidine groups is 1. The first kappa shape index (κ1) is 22.1. The number of piperidine rings is 1. The number of nitrogens with zero attached hydrogens (tertiary/aromatic N) is 3. The molecule has 10 heteroatoms. The Labute approximate surface area is 193 Å². The average Bonchev–Trinajstić information content (AvgIpc) is 3.08. The van der Waals surface area contributed by atoms with Crippen LogP contribution in [0.2, 0.25) is 0 Å². The minimum absolute atomic E-state index is 0.0455. The zero-order valence-electron chi connectivity index (χ0n) is 18.3. The third-order valence-corrected chi connectivity index (χ3v) is 9.06. The first-order valence-electron chi connectivity index (χ1n) is 11.0. The summed E-state index contributed by atoms with van der Waals surface area (Å²) in [5.41, 5.74) is 2.30. The van der Waals surface area contributed by atoms with Gasteiger partial charge in [-0.25, -0.2) is 8.42 Å². The molecule has 5 rings (SSSR count). The highest BCUT2D eigenvalue weighted by molar-refractivity contribution is 7.91. The van der Waals surface area contributed by atoms with Crippen molar-refractivity contribution < 1.29 is 21.6 Å². The molecule has 0 spiro atoms. The lowest BCUT2D eigenvalue weighted by Crippen LogP contribution is -2.45. The van der Waals surface area contributed by atoms with Crippen LogP contribution in [0.5, 0.6) is 0 Å². The summed E-state index contributed by atoms with van der Waals surface area (Å²) >= 11 is 0. The van der Waals surface area contributed by atoms with Gasteiger partial charge in [0.2, 0.25) is 5.91 Å². The number of hydrogen-bond acceptors (Lipinski definition) is 6. The predicted octanol–water partition coefficient (Wildman–Crippen LogP) is 2.23. The van der Waals surface area contributed by atoms with E-state index in [-0.39, 0.29) is 21.6 Å². The molecule has 0 N–H and O–H groups in total. The first-order valence-corrected chi connectivity index (χ1v) is 14.3. The van der Waals surface area contributed by atoms with Gasteiger partial charge in [0.05, 0.1) is 4.90 Å². The monoisotopic (exact) mass is 487 g/mol. The SMILES string of the molecule is CS(=O)(=O)c1ccc2c(c1)CCCN2C(=O)C1CCN(C2=NS(=O)(=O)c3ccccc32)CC1. The lowest BCUT2D eigenvalue weighted by Gasteiger charge is -2.37. The van der Waals surface area contributed by atoms with Crippen LogP contribution in [0, 0.1) is 5.92 Å². The van der Waals surface area contributed by atoms with Crippen LogP contribution < -0.4 is 4.90 Å². The number of carbonyl (C=O) groups excluding carboxylic acids is 1. The third-order valence-electron chi connectivity index (χ3n) is 6.62. The number of hydrogen-bond donors (Lipinski definition) is 0. The van der Waals surface area contributed by atoms with Crippen LogP contribution in [0.1, 0.15) is 30.4 Å². The second kappa shape index (κ2) is 7.95. The van der Waals surface area contributed by atoms with Gasteiger partial charge in [0.25, 0.3) is 10.0 Å². The van der Waals surface area contributed by atoms with Crippen molar-refractivity contribution in [3.63, 3.8) is 0 Å². The maximum Gasteiger partial charge on any atom is 0.285 e. The number of carbonyl (C=O) groups is 1. The zero-order valence-corrected chi connectivity index (χ0v) is 19.9. The molecule has 0 bridgehead atoms. The number of sulfonamides is 1. The molecule has 3 aliphatic rings. The van der Waals surface area contributed by atoms with Gasteiger partial charge in [-0.15, -0.1) is 4.40 Å². The van der Waals surface area contributed by atoms with Crippen molar-refractivity contribution in [2.75, 3.05) is 30.8 Å². The van der Waals surface area contributed by atoms with Crippen molar-refractivity contribution in [3.05, 3.63) is 53.6 Å². The molecule has 1 saturated heterocycles. The molecule has 8 nitrogen and oxygen atoms in total. The summed E-state index contributed by atoms with van der Waals surface area (Å²) in [4.78, 5) is 17.6. The van der Waals surface area contributed by atoms with Gasteiger partial charge in [-0.1, -0.05) is 12.1 Å². The number of benzene rings is 2. The molecule has 0 atom stereocenters. The number of amides is 1. The van der Waals surface area contributed by atoms with Crippen LogP contribution in [0.25, 0.3) is 0 Å². The molecule has 1 fully saturated rings. The predicted molar refractivity (Wildman–Crippen MR) is 125 cm³/mol. The lowest BCUT2D eigenvalue weighted by atomic mass is 9.92. The van der Waals surface area contributed by atoms with E-state index in [9.17, 15) is 21.6 Å². The average molecular weight is 488 g/mol. The normalized spacial score (nSPS) is 20.2. The van der Waals surface area contributed by atoms with Crippen LogP contribution in [0.15, 0.2) is 56.7 Å². The highest BCUT2D eigenvalue weighted by atomic mass is 32.2. The molecular weight excluding hydrogens is 462 g/mol. The standard InChI is InChI=1S/C23H25N3O5S2/c1-32(28,29)18-8-9-20-17(15-18)5-4-12-26(20)23(27)16-10-13-25(14-11-16)22-19-6-2-3-7-21(19)33(30,31)24-22/h2-3,6-9,15-16H,4-5,10-14H2,1H3. The van der Waals surface area contributed by atoms with E-state index in [2.05, 4.69) is 4.40 Å². The summed E-state index contributed by atoms with van der Waals surface area (Å²) < 4.78 is 52.6. The smallest absolute Gasteiger partial charge is 0.285 e. The Morgan fingerprint density at radius 2 is 1.79 bits per heavy atom. The summed E-state index contributed by atoms with van der Waals surface area (Å²) in [6.45, 7) is 1.71. The fraction of sp³-hybridized carbons (Fsp3) is 0.391. The highest BCUT2D eigenvalue weighted by Crippen LogP contribution is 2.34. The van der Waals surface area contributed by atoms with Crippen LogP contribution in [-0.4, -0.2) is 59.4 Å². The molecular formula is C23H25N3O5S2. The number of anilines is 1. The van der Waals surface area contributed by atoms with Gasteiger partial charge in [-0.05, 0) is 61.6 Å². The molecule has 3 aliphatic heterocycles. The van der Waals surface area contributed by atoms with E-state index in [0.717, 1.165) is 24.1 Å². The summed E-state index contributed by atoms with van der Waals surface area (Å²) in [5.74, 6) is 0.341. The number of fused-ring (bicyclic) bond motifs is 2. The topological polar surface area (TPSA) is 104 Å². The van der Waals surface area contributed by atoms with Crippen molar-refractivity contribution in [1.82, 2.24) is 4.90 Å². The molecule has 3 heterocycles. The van der Waals surface area contributed by atoms with Gasteiger partial charge in [0.1, 0.15) is 4.90 Å². The van der Waals surface area contributed by atoms with E-state index in [1.807, 2.05) is 4.90 Å². The van der Waals surface area contributed by atoms with E-state index in [0.29, 0.717) is 43.9 Å². The number of rotatable bonds is 2. The first-order chi connectivity index (χ1) is 15.6. The maximum atomic E-state index is 13.4. The Bertz CT molecular complexity index is 1370. The van der Waals surface area contributed by atoms with Gasteiger partial charge in [-0.2, -0.15) is 8.42 Å². The van der Waals surface area contributed by atoms with Crippen molar-refractivity contribution in [1.29, 1.82) is 0 Å². The number of aryl methyl sites for hydroxylation is 1. The zero-order chi connectivity index (χ0) is 23.4. The second-order valence-corrected chi connectivity index (χ2v) is 12.4. The van der Waals surface area contributed by atoms with E-state index in [4.69, 9.17) is 0 Å². The second-order valence-electron chi connectivity index (χ2n) is 8.80. The Balaban J connectivity index is 1.32. The van der Waals surface area contributed by atoms with Gasteiger partial charge < -0.3 is 9.80 Å². The van der Waals surface area contributed by atoms with E-state index in [1.165, 1.54) is 6.26 Å². The van der Waals surface area contributed by atoms with E-state index in [1.54, 1.807) is 47.4 Å². The third kappa shape index (κ3) is 3.95. The van der Waals surface area contributed by atoms with Crippen LogP contribution in [0.4, 0.5) is 5.69 Å².